The van der Waals surface area contributed by atoms with E-state index in [0.29, 0.717) is 24.3 Å². The zero-order valence-electron chi connectivity index (χ0n) is 10.3. The minimum absolute atomic E-state index is 0.265. The second-order valence-corrected chi connectivity index (χ2v) is 3.83. The molecule has 1 aromatic carbocycles. The molecule has 0 spiro atoms. The zero-order chi connectivity index (χ0) is 13.7. The number of aryl methyl sites for hydroxylation is 1. The van der Waals surface area contributed by atoms with Crippen LogP contribution in [0.3, 0.4) is 0 Å². The predicted molar refractivity (Wildman–Crippen MR) is 65.9 cm³/mol. The number of benzene rings is 1. The summed E-state index contributed by atoms with van der Waals surface area (Å²) in [7, 11) is 0. The Morgan fingerprint density at radius 3 is 2.72 bits per heavy atom. The van der Waals surface area contributed by atoms with E-state index in [1.54, 1.807) is 11.8 Å². The van der Waals surface area contributed by atoms with Gasteiger partial charge in [-0.2, -0.15) is 5.26 Å². The van der Waals surface area contributed by atoms with Crippen molar-refractivity contribution in [2.24, 2.45) is 0 Å². The van der Waals surface area contributed by atoms with Crippen LogP contribution in [0.2, 0.25) is 0 Å². The SMILES string of the molecule is CCN(CCC#N)c1cc(C)c(F)cc1[N+](=O)[O-]. The highest BCUT2D eigenvalue weighted by atomic mass is 19.1. The molecule has 0 radical (unpaired) electrons. The number of nitriles is 1. The number of hydrogen-bond donors (Lipinski definition) is 0. The Morgan fingerprint density at radius 2 is 2.22 bits per heavy atom. The van der Waals surface area contributed by atoms with Crippen molar-refractivity contribution in [3.8, 4) is 6.07 Å². The molecule has 18 heavy (non-hydrogen) atoms. The van der Waals surface area contributed by atoms with Gasteiger partial charge in [0.2, 0.25) is 0 Å². The van der Waals surface area contributed by atoms with Crippen molar-refractivity contribution in [2.45, 2.75) is 20.3 Å². The van der Waals surface area contributed by atoms with Gasteiger partial charge in [0.1, 0.15) is 11.5 Å². The van der Waals surface area contributed by atoms with Gasteiger partial charge in [0.05, 0.1) is 23.5 Å². The Hall–Kier alpha value is -2.16. The van der Waals surface area contributed by atoms with Gasteiger partial charge in [0.25, 0.3) is 5.69 Å². The average molecular weight is 251 g/mol. The fourth-order valence-electron chi connectivity index (χ4n) is 1.69. The summed E-state index contributed by atoms with van der Waals surface area (Å²) >= 11 is 0. The first-order chi connectivity index (χ1) is 8.51. The van der Waals surface area contributed by atoms with E-state index in [9.17, 15) is 14.5 Å². The molecule has 0 aliphatic carbocycles. The molecule has 6 heteroatoms. The number of anilines is 1. The van der Waals surface area contributed by atoms with E-state index in [2.05, 4.69) is 0 Å². The summed E-state index contributed by atoms with van der Waals surface area (Å²) in [6.45, 7) is 4.30. The Labute approximate surface area is 105 Å². The molecule has 0 fully saturated rings. The molecule has 0 saturated heterocycles. The van der Waals surface area contributed by atoms with Crippen molar-refractivity contribution in [2.75, 3.05) is 18.0 Å². The standard InChI is InChI=1S/C12H14FN3O2/c1-3-15(6-4-5-14)11-7-9(2)10(13)8-12(11)16(17)18/h7-8H,3-4,6H2,1-2H3. The summed E-state index contributed by atoms with van der Waals surface area (Å²) in [5, 5.41) is 19.5. The number of rotatable bonds is 5. The smallest absolute Gasteiger partial charge is 0.295 e. The highest BCUT2D eigenvalue weighted by molar-refractivity contribution is 5.64. The maximum absolute atomic E-state index is 13.4. The van der Waals surface area contributed by atoms with Gasteiger partial charge in [-0.05, 0) is 25.5 Å². The molecule has 0 heterocycles. The molecule has 1 aromatic rings. The lowest BCUT2D eigenvalue weighted by Crippen LogP contribution is -2.24. The minimum Gasteiger partial charge on any atom is -0.365 e. The lowest BCUT2D eigenvalue weighted by Gasteiger charge is -2.22. The summed E-state index contributed by atoms with van der Waals surface area (Å²) in [6, 6.07) is 4.37. The monoisotopic (exact) mass is 251 g/mol. The molecule has 96 valence electrons. The van der Waals surface area contributed by atoms with Crippen molar-refractivity contribution < 1.29 is 9.31 Å². The fraction of sp³-hybridized carbons (Fsp3) is 0.417. The predicted octanol–water partition coefficient (Wildman–Crippen LogP) is 2.78. The van der Waals surface area contributed by atoms with Crippen LogP contribution in [0.4, 0.5) is 15.8 Å². The van der Waals surface area contributed by atoms with E-state index in [-0.39, 0.29) is 12.1 Å². The third kappa shape index (κ3) is 2.94. The minimum atomic E-state index is -0.604. The summed E-state index contributed by atoms with van der Waals surface area (Å²) < 4.78 is 13.4. The van der Waals surface area contributed by atoms with Crippen LogP contribution >= 0.6 is 0 Å². The van der Waals surface area contributed by atoms with Crippen molar-refractivity contribution in [1.82, 2.24) is 0 Å². The van der Waals surface area contributed by atoms with Gasteiger partial charge in [-0.3, -0.25) is 10.1 Å². The third-order valence-electron chi connectivity index (χ3n) is 2.67. The van der Waals surface area contributed by atoms with Crippen LogP contribution in [0.25, 0.3) is 0 Å². The normalized spacial score (nSPS) is 9.89. The Bertz CT molecular complexity index is 497. The third-order valence-corrected chi connectivity index (χ3v) is 2.67. The molecular formula is C12H14FN3O2. The number of nitro groups is 1. The average Bonchev–Trinajstić information content (AvgIpc) is 2.33. The Kier molecular flexibility index (Phi) is 4.60. The van der Waals surface area contributed by atoms with Gasteiger partial charge in [-0.1, -0.05) is 0 Å². The summed E-state index contributed by atoms with van der Waals surface area (Å²) in [5.41, 5.74) is 0.445. The molecule has 5 nitrogen and oxygen atoms in total. The number of nitrogens with zero attached hydrogens (tertiary/aromatic N) is 3. The first-order valence-corrected chi connectivity index (χ1v) is 5.57. The molecule has 0 N–H and O–H groups in total. The molecule has 0 saturated carbocycles. The molecule has 0 unspecified atom stereocenters. The van der Waals surface area contributed by atoms with Crippen molar-refractivity contribution in [3.05, 3.63) is 33.6 Å². The van der Waals surface area contributed by atoms with Gasteiger partial charge in [0.15, 0.2) is 0 Å². The second-order valence-electron chi connectivity index (χ2n) is 3.83. The number of nitro benzene ring substituents is 1. The fourth-order valence-corrected chi connectivity index (χ4v) is 1.69. The van der Waals surface area contributed by atoms with Crippen LogP contribution in [0.15, 0.2) is 12.1 Å². The van der Waals surface area contributed by atoms with E-state index in [1.807, 2.05) is 13.0 Å². The maximum Gasteiger partial charge on any atom is 0.295 e. The molecule has 0 aliphatic heterocycles. The van der Waals surface area contributed by atoms with Gasteiger partial charge >= 0.3 is 0 Å². The lowest BCUT2D eigenvalue weighted by atomic mass is 10.1. The maximum atomic E-state index is 13.4. The molecular weight excluding hydrogens is 237 g/mol. The largest absolute Gasteiger partial charge is 0.365 e. The van der Waals surface area contributed by atoms with Crippen LogP contribution in [0.5, 0.6) is 0 Å². The highest BCUT2D eigenvalue weighted by Gasteiger charge is 2.20. The van der Waals surface area contributed by atoms with E-state index in [0.717, 1.165) is 6.07 Å². The lowest BCUT2D eigenvalue weighted by molar-refractivity contribution is -0.384. The highest BCUT2D eigenvalue weighted by Crippen LogP contribution is 2.30. The summed E-state index contributed by atoms with van der Waals surface area (Å²) in [6.07, 6.45) is 0.265. The molecule has 0 atom stereocenters. The van der Waals surface area contributed by atoms with Gasteiger partial charge < -0.3 is 4.90 Å². The van der Waals surface area contributed by atoms with Crippen LogP contribution in [-0.4, -0.2) is 18.0 Å². The molecule has 0 amide bonds. The van der Waals surface area contributed by atoms with Crippen molar-refractivity contribution in [1.29, 1.82) is 5.26 Å². The van der Waals surface area contributed by atoms with E-state index in [4.69, 9.17) is 5.26 Å². The van der Waals surface area contributed by atoms with Gasteiger partial charge in [-0.25, -0.2) is 4.39 Å². The quantitative estimate of drug-likeness (QED) is 0.596. The van der Waals surface area contributed by atoms with Gasteiger partial charge in [-0.15, -0.1) is 0 Å². The summed E-state index contributed by atoms with van der Waals surface area (Å²) in [5.74, 6) is -0.596. The Balaban J connectivity index is 3.23. The number of halogens is 1. The second kappa shape index (κ2) is 5.96. The van der Waals surface area contributed by atoms with Crippen LogP contribution in [0.1, 0.15) is 18.9 Å². The topological polar surface area (TPSA) is 70.2 Å². The van der Waals surface area contributed by atoms with E-state index in [1.165, 1.54) is 6.07 Å². The van der Waals surface area contributed by atoms with Crippen LogP contribution in [0, 0.1) is 34.2 Å². The first-order valence-electron chi connectivity index (χ1n) is 5.57. The van der Waals surface area contributed by atoms with Crippen LogP contribution in [-0.2, 0) is 0 Å². The molecule has 0 aliphatic rings. The number of hydrogen-bond acceptors (Lipinski definition) is 4. The van der Waals surface area contributed by atoms with E-state index >= 15 is 0 Å². The molecule has 0 aromatic heterocycles. The molecule has 1 rings (SSSR count). The molecule has 0 bridgehead atoms. The van der Waals surface area contributed by atoms with Crippen molar-refractivity contribution >= 4 is 11.4 Å². The van der Waals surface area contributed by atoms with E-state index < -0.39 is 10.7 Å². The van der Waals surface area contributed by atoms with Crippen LogP contribution < -0.4 is 4.90 Å². The zero-order valence-corrected chi connectivity index (χ0v) is 10.3. The summed E-state index contributed by atoms with van der Waals surface area (Å²) in [4.78, 5) is 12.0. The van der Waals surface area contributed by atoms with Crippen molar-refractivity contribution in [3.63, 3.8) is 0 Å². The first kappa shape index (κ1) is 13.9. The Morgan fingerprint density at radius 1 is 1.56 bits per heavy atom. The van der Waals surface area contributed by atoms with Gasteiger partial charge in [0, 0.05) is 13.1 Å².